The zero-order valence-corrected chi connectivity index (χ0v) is 17.0. The Morgan fingerprint density at radius 1 is 1.26 bits per heavy atom. The van der Waals surface area contributed by atoms with E-state index in [2.05, 4.69) is 15.6 Å². The molecule has 1 aromatic carbocycles. The summed E-state index contributed by atoms with van der Waals surface area (Å²) in [5.74, 6) is 1.46. The van der Waals surface area contributed by atoms with Crippen molar-refractivity contribution in [2.75, 3.05) is 33.8 Å². The fourth-order valence-electron chi connectivity index (χ4n) is 3.42. The first-order valence-electron chi connectivity index (χ1n) is 9.14. The number of aromatic nitrogens is 3. The molecule has 0 atom stereocenters. The minimum absolute atomic E-state index is 0. The van der Waals surface area contributed by atoms with Gasteiger partial charge in [-0.05, 0) is 70.0 Å². The van der Waals surface area contributed by atoms with Gasteiger partial charge in [-0.3, -0.25) is 4.79 Å². The molecule has 1 saturated heterocycles. The van der Waals surface area contributed by atoms with Crippen LogP contribution >= 0.6 is 12.4 Å². The summed E-state index contributed by atoms with van der Waals surface area (Å²) in [4.78, 5) is 14.8. The van der Waals surface area contributed by atoms with E-state index in [0.29, 0.717) is 11.6 Å². The van der Waals surface area contributed by atoms with Crippen LogP contribution < -0.4 is 10.1 Å². The van der Waals surface area contributed by atoms with E-state index in [-0.39, 0.29) is 18.3 Å². The number of hydrogen-bond acceptors (Lipinski definition) is 5. The summed E-state index contributed by atoms with van der Waals surface area (Å²) in [6.07, 6.45) is 3.28. The molecule has 1 amide bonds. The largest absolute Gasteiger partial charge is 0.497 e. The highest BCUT2D eigenvalue weighted by molar-refractivity contribution is 5.93. The number of hydrogen-bond donors (Lipinski definition) is 1. The van der Waals surface area contributed by atoms with Crippen molar-refractivity contribution in [3.8, 4) is 11.4 Å². The second-order valence-corrected chi connectivity index (χ2v) is 6.76. The van der Waals surface area contributed by atoms with Crippen molar-refractivity contribution in [1.29, 1.82) is 0 Å². The highest BCUT2D eigenvalue weighted by atomic mass is 35.5. The first kappa shape index (κ1) is 21.2. The van der Waals surface area contributed by atoms with Crippen LogP contribution in [0.1, 0.15) is 35.4 Å². The van der Waals surface area contributed by atoms with Crippen molar-refractivity contribution in [2.45, 2.75) is 26.2 Å². The molecule has 8 heteroatoms. The van der Waals surface area contributed by atoms with Gasteiger partial charge < -0.3 is 15.0 Å². The fraction of sp³-hybridized carbons (Fsp3) is 0.526. The number of benzene rings is 1. The molecule has 0 bridgehead atoms. The number of rotatable bonds is 6. The van der Waals surface area contributed by atoms with Crippen molar-refractivity contribution >= 4 is 18.3 Å². The van der Waals surface area contributed by atoms with Gasteiger partial charge in [-0.2, -0.15) is 0 Å². The maximum Gasteiger partial charge on any atom is 0.276 e. The lowest BCUT2D eigenvalue weighted by molar-refractivity contribution is 0.0680. The summed E-state index contributed by atoms with van der Waals surface area (Å²) in [6.45, 7) is 4.51. The summed E-state index contributed by atoms with van der Waals surface area (Å²) in [5.41, 5.74) is 2.06. The van der Waals surface area contributed by atoms with Gasteiger partial charge in [-0.1, -0.05) is 5.21 Å². The number of nitrogens with zero attached hydrogens (tertiary/aromatic N) is 4. The van der Waals surface area contributed by atoms with Crippen molar-refractivity contribution < 1.29 is 9.53 Å². The smallest absolute Gasteiger partial charge is 0.276 e. The monoisotopic (exact) mass is 393 g/mol. The third-order valence-corrected chi connectivity index (χ3v) is 5.12. The Balaban J connectivity index is 0.00000261. The van der Waals surface area contributed by atoms with Crippen molar-refractivity contribution in [3.05, 3.63) is 35.7 Å². The van der Waals surface area contributed by atoms with Crippen LogP contribution in [0.3, 0.4) is 0 Å². The zero-order valence-electron chi connectivity index (χ0n) is 16.1. The molecular formula is C19H28ClN5O2. The number of nitrogens with one attached hydrogen (secondary N) is 1. The number of carbonyl (C=O) groups is 1. The number of likely N-dealkylation sites (tertiary alicyclic amines) is 1. The molecule has 1 fully saturated rings. The highest BCUT2D eigenvalue weighted by Crippen LogP contribution is 2.22. The number of amides is 1. The van der Waals surface area contributed by atoms with E-state index in [0.717, 1.165) is 49.6 Å². The molecule has 0 radical (unpaired) electrons. The van der Waals surface area contributed by atoms with Gasteiger partial charge in [0.25, 0.3) is 5.91 Å². The Morgan fingerprint density at radius 3 is 2.52 bits per heavy atom. The Morgan fingerprint density at radius 2 is 1.93 bits per heavy atom. The average Bonchev–Trinajstić information content (AvgIpc) is 3.07. The van der Waals surface area contributed by atoms with Crippen LogP contribution in [0.15, 0.2) is 24.3 Å². The second-order valence-electron chi connectivity index (χ2n) is 6.76. The van der Waals surface area contributed by atoms with E-state index >= 15 is 0 Å². The number of ether oxygens (including phenoxy) is 1. The maximum atomic E-state index is 12.9. The van der Waals surface area contributed by atoms with Crippen LogP contribution in [-0.2, 0) is 0 Å². The molecule has 1 aliphatic rings. The quantitative estimate of drug-likeness (QED) is 0.816. The first-order valence-corrected chi connectivity index (χ1v) is 9.14. The summed E-state index contributed by atoms with van der Waals surface area (Å²) >= 11 is 0. The van der Waals surface area contributed by atoms with Crippen LogP contribution in [0.5, 0.6) is 5.75 Å². The molecule has 0 saturated carbocycles. The molecule has 2 heterocycles. The molecule has 0 spiro atoms. The zero-order chi connectivity index (χ0) is 18.5. The molecule has 27 heavy (non-hydrogen) atoms. The molecule has 7 nitrogen and oxygen atoms in total. The topological polar surface area (TPSA) is 72.3 Å². The SMILES string of the molecule is CNCCC1CCN(C(=O)c2nnn(-c3ccc(OC)cc3)c2C)CC1.Cl. The fourth-order valence-corrected chi connectivity index (χ4v) is 3.42. The van der Waals surface area contributed by atoms with Crippen LogP contribution in [0.2, 0.25) is 0 Å². The lowest BCUT2D eigenvalue weighted by Crippen LogP contribution is -2.39. The number of halogens is 1. The van der Waals surface area contributed by atoms with Gasteiger partial charge in [-0.25, -0.2) is 4.68 Å². The molecule has 1 N–H and O–H groups in total. The maximum absolute atomic E-state index is 12.9. The van der Waals surface area contributed by atoms with E-state index in [4.69, 9.17) is 4.74 Å². The molecule has 0 aliphatic carbocycles. The third-order valence-electron chi connectivity index (χ3n) is 5.12. The van der Waals surface area contributed by atoms with E-state index in [1.807, 2.05) is 43.1 Å². The minimum Gasteiger partial charge on any atom is -0.497 e. The standard InChI is InChI=1S/C19H27N5O2.ClH/c1-14-18(19(25)23-12-9-15(10-13-23)8-11-20-2)21-22-24(14)16-4-6-17(26-3)7-5-16;/h4-7,15,20H,8-13H2,1-3H3;1H. The Hall–Kier alpha value is -2.12. The molecule has 2 aromatic rings. The van der Waals surface area contributed by atoms with Crippen molar-refractivity contribution in [1.82, 2.24) is 25.2 Å². The van der Waals surface area contributed by atoms with Crippen molar-refractivity contribution in [3.63, 3.8) is 0 Å². The molecule has 3 rings (SSSR count). The van der Waals surface area contributed by atoms with Crippen LogP contribution in [0, 0.1) is 12.8 Å². The van der Waals surface area contributed by atoms with Gasteiger partial charge in [0.05, 0.1) is 18.5 Å². The first-order chi connectivity index (χ1) is 12.6. The Kier molecular flexibility index (Phi) is 7.62. The summed E-state index contributed by atoms with van der Waals surface area (Å²) in [5, 5.41) is 11.5. The average molecular weight is 394 g/mol. The molecule has 1 aromatic heterocycles. The molecular weight excluding hydrogens is 366 g/mol. The minimum atomic E-state index is -0.0191. The van der Waals surface area contributed by atoms with Crippen LogP contribution in [0.25, 0.3) is 5.69 Å². The highest BCUT2D eigenvalue weighted by Gasteiger charge is 2.27. The Labute approximate surface area is 166 Å². The van der Waals surface area contributed by atoms with Crippen LogP contribution in [-0.4, -0.2) is 59.6 Å². The van der Waals surface area contributed by atoms with E-state index in [1.165, 1.54) is 6.42 Å². The van der Waals surface area contributed by atoms with Gasteiger partial charge in [0.2, 0.25) is 0 Å². The summed E-state index contributed by atoms with van der Waals surface area (Å²) in [7, 11) is 3.61. The van der Waals surface area contributed by atoms with Gasteiger partial charge in [0.1, 0.15) is 5.75 Å². The summed E-state index contributed by atoms with van der Waals surface area (Å²) < 4.78 is 6.88. The normalized spacial score (nSPS) is 14.7. The van der Waals surface area contributed by atoms with E-state index < -0.39 is 0 Å². The van der Waals surface area contributed by atoms with Crippen LogP contribution in [0.4, 0.5) is 0 Å². The predicted octanol–water partition coefficient (Wildman–Crippen LogP) is 2.47. The van der Waals surface area contributed by atoms with Crippen molar-refractivity contribution in [2.24, 2.45) is 5.92 Å². The molecule has 148 valence electrons. The number of carbonyl (C=O) groups excluding carboxylic acids is 1. The number of piperidine rings is 1. The molecule has 1 aliphatic heterocycles. The lowest BCUT2D eigenvalue weighted by Gasteiger charge is -2.31. The van der Waals surface area contributed by atoms with E-state index in [9.17, 15) is 4.79 Å². The van der Waals surface area contributed by atoms with Gasteiger partial charge in [-0.15, -0.1) is 17.5 Å². The van der Waals surface area contributed by atoms with E-state index in [1.54, 1.807) is 11.8 Å². The van der Waals surface area contributed by atoms with Gasteiger partial charge in [0, 0.05) is 13.1 Å². The second kappa shape index (κ2) is 9.71. The molecule has 0 unspecified atom stereocenters. The predicted molar refractivity (Wildman–Crippen MR) is 107 cm³/mol. The van der Waals surface area contributed by atoms with Gasteiger partial charge in [0.15, 0.2) is 5.69 Å². The summed E-state index contributed by atoms with van der Waals surface area (Å²) in [6, 6.07) is 7.55. The van der Waals surface area contributed by atoms with Gasteiger partial charge >= 0.3 is 0 Å². The number of methoxy groups -OCH3 is 1. The lowest BCUT2D eigenvalue weighted by atomic mass is 9.93. The Bertz CT molecular complexity index is 739. The third kappa shape index (κ3) is 4.78.